The van der Waals surface area contributed by atoms with Gasteiger partial charge in [-0.05, 0) is 32.9 Å². The van der Waals surface area contributed by atoms with E-state index in [1.807, 2.05) is 19.9 Å². The van der Waals surface area contributed by atoms with Crippen molar-refractivity contribution in [2.75, 3.05) is 0 Å². The SMILES string of the molecule is Cc1cc(C(=O)NCc2cc(C)[nH]n2)c2c(C)noc2n1. The predicted octanol–water partition coefficient (Wildman–Crippen LogP) is 1.80. The number of pyridine rings is 1. The van der Waals surface area contributed by atoms with Crippen LogP contribution >= 0.6 is 0 Å². The molecular formula is C14H15N5O2. The molecule has 3 aromatic rings. The zero-order chi connectivity index (χ0) is 15.0. The molecule has 0 saturated carbocycles. The average Bonchev–Trinajstić information content (AvgIpc) is 3.02. The summed E-state index contributed by atoms with van der Waals surface area (Å²) < 4.78 is 5.13. The Morgan fingerprint density at radius 2 is 2.14 bits per heavy atom. The van der Waals surface area contributed by atoms with E-state index in [0.29, 0.717) is 34.6 Å². The van der Waals surface area contributed by atoms with Crippen LogP contribution < -0.4 is 5.32 Å². The molecule has 0 radical (unpaired) electrons. The van der Waals surface area contributed by atoms with Crippen molar-refractivity contribution in [2.45, 2.75) is 27.3 Å². The topological polar surface area (TPSA) is 96.7 Å². The average molecular weight is 285 g/mol. The third-order valence-corrected chi connectivity index (χ3v) is 3.18. The molecule has 3 rings (SSSR count). The number of aromatic amines is 1. The lowest BCUT2D eigenvalue weighted by Gasteiger charge is -2.05. The van der Waals surface area contributed by atoms with Crippen molar-refractivity contribution in [2.24, 2.45) is 0 Å². The molecule has 0 atom stereocenters. The van der Waals surface area contributed by atoms with Crippen LogP contribution in [0.2, 0.25) is 0 Å². The van der Waals surface area contributed by atoms with Gasteiger partial charge < -0.3 is 9.84 Å². The second-order valence-electron chi connectivity index (χ2n) is 4.98. The maximum absolute atomic E-state index is 12.4. The second-order valence-corrected chi connectivity index (χ2v) is 4.98. The van der Waals surface area contributed by atoms with Gasteiger partial charge in [0.1, 0.15) is 0 Å². The number of amides is 1. The molecule has 0 aliphatic carbocycles. The standard InChI is InChI=1S/C14H15N5O2/c1-7-5-11(12-9(3)19-21-14(12)16-7)13(20)15-6-10-4-8(2)17-18-10/h4-5H,6H2,1-3H3,(H,15,20)(H,17,18). The number of aromatic nitrogens is 4. The third kappa shape index (κ3) is 2.49. The minimum atomic E-state index is -0.197. The van der Waals surface area contributed by atoms with Gasteiger partial charge >= 0.3 is 0 Å². The number of H-pyrrole nitrogens is 1. The number of fused-ring (bicyclic) bond motifs is 1. The molecule has 0 aliphatic heterocycles. The number of rotatable bonds is 3. The fourth-order valence-electron chi connectivity index (χ4n) is 2.23. The summed E-state index contributed by atoms with van der Waals surface area (Å²) in [4.78, 5) is 16.6. The lowest BCUT2D eigenvalue weighted by Crippen LogP contribution is -2.23. The van der Waals surface area contributed by atoms with Crippen molar-refractivity contribution < 1.29 is 9.32 Å². The first-order valence-electron chi connectivity index (χ1n) is 6.57. The van der Waals surface area contributed by atoms with Gasteiger partial charge in [0.05, 0.1) is 28.9 Å². The van der Waals surface area contributed by atoms with E-state index in [4.69, 9.17) is 4.52 Å². The summed E-state index contributed by atoms with van der Waals surface area (Å²) in [5.41, 5.74) is 4.00. The first-order chi connectivity index (χ1) is 10.0. The van der Waals surface area contributed by atoms with E-state index in [2.05, 4.69) is 25.7 Å². The van der Waals surface area contributed by atoms with Crippen molar-refractivity contribution in [3.8, 4) is 0 Å². The summed E-state index contributed by atoms with van der Waals surface area (Å²) in [5.74, 6) is -0.197. The van der Waals surface area contributed by atoms with Gasteiger partial charge in [0, 0.05) is 11.4 Å². The zero-order valence-corrected chi connectivity index (χ0v) is 12.0. The Morgan fingerprint density at radius 3 is 2.86 bits per heavy atom. The van der Waals surface area contributed by atoms with Crippen LogP contribution in [0.3, 0.4) is 0 Å². The minimum Gasteiger partial charge on any atom is -0.346 e. The van der Waals surface area contributed by atoms with E-state index < -0.39 is 0 Å². The second kappa shape index (κ2) is 5.01. The monoisotopic (exact) mass is 285 g/mol. The number of aryl methyl sites for hydroxylation is 3. The van der Waals surface area contributed by atoms with E-state index >= 15 is 0 Å². The van der Waals surface area contributed by atoms with Gasteiger partial charge in [-0.3, -0.25) is 9.89 Å². The molecule has 0 saturated heterocycles. The smallest absolute Gasteiger partial charge is 0.258 e. The molecule has 0 unspecified atom stereocenters. The first kappa shape index (κ1) is 13.3. The van der Waals surface area contributed by atoms with Crippen molar-refractivity contribution in [3.05, 3.63) is 40.5 Å². The molecule has 21 heavy (non-hydrogen) atoms. The van der Waals surface area contributed by atoms with E-state index in [1.165, 1.54) is 0 Å². The molecule has 7 nitrogen and oxygen atoms in total. The first-order valence-corrected chi connectivity index (χ1v) is 6.57. The Morgan fingerprint density at radius 1 is 1.33 bits per heavy atom. The Balaban J connectivity index is 1.88. The lowest BCUT2D eigenvalue weighted by atomic mass is 10.1. The molecule has 0 aliphatic rings. The van der Waals surface area contributed by atoms with Crippen molar-refractivity contribution in [1.29, 1.82) is 0 Å². The Hall–Kier alpha value is -2.70. The molecule has 108 valence electrons. The maximum atomic E-state index is 12.4. The summed E-state index contributed by atoms with van der Waals surface area (Å²) in [6.45, 7) is 5.87. The number of carbonyl (C=O) groups is 1. The molecule has 0 spiro atoms. The van der Waals surface area contributed by atoms with Gasteiger partial charge in [-0.15, -0.1) is 0 Å². The summed E-state index contributed by atoms with van der Waals surface area (Å²) in [7, 11) is 0. The highest BCUT2D eigenvalue weighted by Gasteiger charge is 2.17. The van der Waals surface area contributed by atoms with Crippen LogP contribution in [0.25, 0.3) is 11.1 Å². The highest BCUT2D eigenvalue weighted by molar-refractivity contribution is 6.05. The number of carbonyl (C=O) groups excluding carboxylic acids is 1. The van der Waals surface area contributed by atoms with Gasteiger partial charge in [0.15, 0.2) is 0 Å². The van der Waals surface area contributed by atoms with Gasteiger partial charge in [-0.25, -0.2) is 4.98 Å². The highest BCUT2D eigenvalue weighted by Crippen LogP contribution is 2.21. The molecule has 1 amide bonds. The van der Waals surface area contributed by atoms with Gasteiger partial charge in [-0.1, -0.05) is 5.16 Å². The number of nitrogens with one attached hydrogen (secondary N) is 2. The fourth-order valence-corrected chi connectivity index (χ4v) is 2.23. The molecule has 0 fully saturated rings. The number of hydrogen-bond donors (Lipinski definition) is 2. The third-order valence-electron chi connectivity index (χ3n) is 3.18. The molecule has 3 aromatic heterocycles. The van der Waals surface area contributed by atoms with Crippen LogP contribution in [0.15, 0.2) is 16.7 Å². The van der Waals surface area contributed by atoms with Crippen LogP contribution in [0, 0.1) is 20.8 Å². The number of hydrogen-bond acceptors (Lipinski definition) is 5. The Kier molecular flexibility index (Phi) is 3.17. The van der Waals surface area contributed by atoms with E-state index in [-0.39, 0.29) is 5.91 Å². The molecule has 0 aromatic carbocycles. The summed E-state index contributed by atoms with van der Waals surface area (Å²) in [5, 5.41) is 14.3. The molecule has 0 bridgehead atoms. The Labute approximate surface area is 120 Å². The van der Waals surface area contributed by atoms with Crippen LogP contribution in [0.4, 0.5) is 0 Å². The summed E-state index contributed by atoms with van der Waals surface area (Å²) in [6.07, 6.45) is 0. The van der Waals surface area contributed by atoms with Crippen LogP contribution in [-0.2, 0) is 6.54 Å². The molecular weight excluding hydrogens is 270 g/mol. The fraction of sp³-hybridized carbons (Fsp3) is 0.286. The molecule has 7 heteroatoms. The quantitative estimate of drug-likeness (QED) is 0.764. The summed E-state index contributed by atoms with van der Waals surface area (Å²) in [6, 6.07) is 3.62. The number of nitrogens with zero attached hydrogens (tertiary/aromatic N) is 3. The van der Waals surface area contributed by atoms with E-state index in [1.54, 1.807) is 13.0 Å². The van der Waals surface area contributed by atoms with Gasteiger partial charge in [-0.2, -0.15) is 5.10 Å². The summed E-state index contributed by atoms with van der Waals surface area (Å²) >= 11 is 0. The van der Waals surface area contributed by atoms with E-state index in [9.17, 15) is 4.79 Å². The minimum absolute atomic E-state index is 0.197. The van der Waals surface area contributed by atoms with Crippen molar-refractivity contribution in [3.63, 3.8) is 0 Å². The van der Waals surface area contributed by atoms with Gasteiger partial charge in [0.25, 0.3) is 11.6 Å². The highest BCUT2D eigenvalue weighted by atomic mass is 16.5. The van der Waals surface area contributed by atoms with E-state index in [0.717, 1.165) is 11.4 Å². The van der Waals surface area contributed by atoms with Crippen molar-refractivity contribution >= 4 is 17.0 Å². The van der Waals surface area contributed by atoms with Crippen LogP contribution in [0.5, 0.6) is 0 Å². The van der Waals surface area contributed by atoms with Crippen LogP contribution in [0.1, 0.15) is 33.1 Å². The van der Waals surface area contributed by atoms with Gasteiger partial charge in [0.2, 0.25) is 0 Å². The van der Waals surface area contributed by atoms with Crippen molar-refractivity contribution in [1.82, 2.24) is 25.7 Å². The largest absolute Gasteiger partial charge is 0.346 e. The molecule has 3 heterocycles. The van der Waals surface area contributed by atoms with Crippen LogP contribution in [-0.4, -0.2) is 26.2 Å². The predicted molar refractivity (Wildman–Crippen MR) is 75.8 cm³/mol. The molecule has 2 N–H and O–H groups in total. The Bertz CT molecular complexity index is 818. The lowest BCUT2D eigenvalue weighted by molar-refractivity contribution is 0.0952. The maximum Gasteiger partial charge on any atom is 0.258 e. The zero-order valence-electron chi connectivity index (χ0n) is 12.0. The normalized spacial score (nSPS) is 11.0.